The first-order valence-electron chi connectivity index (χ1n) is 22.7. The first kappa shape index (κ1) is 38.9. The molecule has 12 aromatic carbocycles. The molecular weight excluding hydrogens is 797 g/mol. The number of benzene rings is 12. The number of hydrogen-bond acceptors (Lipinski definition) is 2. The van der Waals surface area contributed by atoms with Crippen molar-refractivity contribution >= 4 is 77.2 Å². The zero-order valence-electron chi connectivity index (χ0n) is 36.3. The van der Waals surface area contributed by atoms with E-state index in [1.54, 1.807) is 0 Å². The molecule has 12 aromatic rings. The number of anilines is 6. The largest absolute Gasteiger partial charge is 0.310 e. The predicted octanol–water partition coefficient (Wildman–Crippen LogP) is 18.2. The number of rotatable bonds is 9. The van der Waals surface area contributed by atoms with Crippen LogP contribution in [-0.2, 0) is 0 Å². The van der Waals surface area contributed by atoms with Gasteiger partial charge in [-0.15, -0.1) is 0 Å². The Balaban J connectivity index is 0.883. The Morgan fingerprint density at radius 1 is 0.197 bits per heavy atom. The van der Waals surface area contributed by atoms with E-state index < -0.39 is 0 Å². The first-order chi connectivity index (χ1) is 32.7. The monoisotopic (exact) mass is 840 g/mol. The Labute approximate surface area is 385 Å². The third kappa shape index (κ3) is 7.21. The SMILES string of the molecule is c1cc(-c2ccc(-c3ccccc3N(c3ccc4ccccc4c3)c3cccc4ccccc34)cc2)cc(-c2ccc(N(c3ccc4ccccc4c3)c3cccc4ccccc34)cc2)c1. The molecule has 0 aliphatic rings. The fourth-order valence-electron chi connectivity index (χ4n) is 9.71. The predicted molar refractivity (Wildman–Crippen MR) is 282 cm³/mol. The van der Waals surface area contributed by atoms with E-state index in [4.69, 9.17) is 0 Å². The zero-order valence-corrected chi connectivity index (χ0v) is 36.3. The van der Waals surface area contributed by atoms with Gasteiger partial charge in [-0.05, 0) is 121 Å². The summed E-state index contributed by atoms with van der Waals surface area (Å²) in [5, 5.41) is 9.74. The van der Waals surface area contributed by atoms with Crippen LogP contribution in [0.4, 0.5) is 34.1 Å². The molecule has 0 bridgehead atoms. The zero-order chi connectivity index (χ0) is 43.8. The third-order valence-electron chi connectivity index (χ3n) is 13.0. The van der Waals surface area contributed by atoms with Gasteiger partial charge in [0.25, 0.3) is 0 Å². The van der Waals surface area contributed by atoms with Crippen molar-refractivity contribution in [1.82, 2.24) is 0 Å². The van der Waals surface area contributed by atoms with Gasteiger partial charge in [0.05, 0.1) is 17.1 Å². The lowest BCUT2D eigenvalue weighted by Gasteiger charge is -2.29. The van der Waals surface area contributed by atoms with Crippen LogP contribution < -0.4 is 9.80 Å². The van der Waals surface area contributed by atoms with Gasteiger partial charge in [0.1, 0.15) is 0 Å². The van der Waals surface area contributed by atoms with Gasteiger partial charge in [-0.1, -0.05) is 206 Å². The minimum atomic E-state index is 1.11. The molecular formula is C64H44N2. The van der Waals surface area contributed by atoms with E-state index in [0.717, 1.165) is 39.7 Å². The fraction of sp³-hybridized carbons (Fsp3) is 0. The van der Waals surface area contributed by atoms with Gasteiger partial charge in [-0.2, -0.15) is 0 Å². The van der Waals surface area contributed by atoms with Gasteiger partial charge in [-0.25, -0.2) is 0 Å². The van der Waals surface area contributed by atoms with Crippen LogP contribution in [0.3, 0.4) is 0 Å². The maximum atomic E-state index is 2.43. The summed E-state index contributed by atoms with van der Waals surface area (Å²) in [5.41, 5.74) is 13.8. The van der Waals surface area contributed by atoms with E-state index in [1.807, 2.05) is 0 Å². The molecule has 0 aliphatic heterocycles. The highest BCUT2D eigenvalue weighted by atomic mass is 15.2. The van der Waals surface area contributed by atoms with Gasteiger partial charge in [0, 0.05) is 33.4 Å². The lowest BCUT2D eigenvalue weighted by molar-refractivity contribution is 1.30. The summed E-state index contributed by atoms with van der Waals surface area (Å²) in [6.07, 6.45) is 0. The molecule has 0 unspecified atom stereocenters. The van der Waals surface area contributed by atoms with Gasteiger partial charge >= 0.3 is 0 Å². The Morgan fingerprint density at radius 2 is 0.591 bits per heavy atom. The molecule has 0 amide bonds. The molecule has 0 saturated carbocycles. The van der Waals surface area contributed by atoms with Crippen molar-refractivity contribution in [2.45, 2.75) is 0 Å². The van der Waals surface area contributed by atoms with Crippen LogP contribution in [0.15, 0.2) is 267 Å². The Kier molecular flexibility index (Phi) is 9.89. The molecule has 0 spiro atoms. The van der Waals surface area contributed by atoms with Crippen LogP contribution in [-0.4, -0.2) is 0 Å². The smallest absolute Gasteiger partial charge is 0.0540 e. The number of hydrogen-bond donors (Lipinski definition) is 0. The summed E-state index contributed by atoms with van der Waals surface area (Å²) in [4.78, 5) is 4.81. The number of para-hydroxylation sites is 1. The highest BCUT2D eigenvalue weighted by molar-refractivity contribution is 6.03. The van der Waals surface area contributed by atoms with Crippen molar-refractivity contribution in [3.05, 3.63) is 267 Å². The van der Waals surface area contributed by atoms with E-state index in [9.17, 15) is 0 Å². The molecule has 0 fully saturated rings. The maximum absolute atomic E-state index is 2.43. The standard InChI is InChI=1S/C64H44N2/c1-3-18-54-43-57(40-36-45(54)14-1)65(62-28-12-20-49-16-5-7-24-59(49)62)56-38-34-48(35-39-56)53-23-11-22-52(42-53)47-30-32-51(33-31-47)61-26-9-10-27-63(61)66(58-41-37-46-15-2-4-19-55(46)44-58)64-29-13-21-50-17-6-8-25-60(50)64/h1-44H. The fourth-order valence-corrected chi connectivity index (χ4v) is 9.71. The Morgan fingerprint density at radius 3 is 1.18 bits per heavy atom. The lowest BCUT2D eigenvalue weighted by Crippen LogP contribution is -2.11. The first-order valence-corrected chi connectivity index (χ1v) is 22.7. The number of fused-ring (bicyclic) bond motifs is 4. The molecule has 310 valence electrons. The van der Waals surface area contributed by atoms with Crippen molar-refractivity contribution in [1.29, 1.82) is 0 Å². The molecule has 2 heteroatoms. The summed E-state index contributed by atoms with van der Waals surface area (Å²) in [7, 11) is 0. The van der Waals surface area contributed by atoms with Gasteiger partial charge in [0.2, 0.25) is 0 Å². The molecule has 66 heavy (non-hydrogen) atoms. The highest BCUT2D eigenvalue weighted by Gasteiger charge is 2.20. The summed E-state index contributed by atoms with van der Waals surface area (Å²) < 4.78 is 0. The molecule has 0 heterocycles. The molecule has 0 saturated heterocycles. The maximum Gasteiger partial charge on any atom is 0.0540 e. The molecule has 0 atom stereocenters. The minimum absolute atomic E-state index is 1.11. The van der Waals surface area contributed by atoms with E-state index in [-0.39, 0.29) is 0 Å². The van der Waals surface area contributed by atoms with Crippen molar-refractivity contribution in [3.8, 4) is 33.4 Å². The van der Waals surface area contributed by atoms with Crippen LogP contribution in [0.1, 0.15) is 0 Å². The number of nitrogens with zero attached hydrogens (tertiary/aromatic N) is 2. The van der Waals surface area contributed by atoms with Crippen LogP contribution in [0.5, 0.6) is 0 Å². The molecule has 0 aliphatic carbocycles. The van der Waals surface area contributed by atoms with Crippen molar-refractivity contribution in [3.63, 3.8) is 0 Å². The average Bonchev–Trinajstić information content (AvgIpc) is 3.39. The van der Waals surface area contributed by atoms with Crippen LogP contribution >= 0.6 is 0 Å². The average molecular weight is 841 g/mol. The molecule has 2 nitrogen and oxygen atoms in total. The summed E-state index contributed by atoms with van der Waals surface area (Å²) in [5.74, 6) is 0. The van der Waals surface area contributed by atoms with Gasteiger partial charge in [0.15, 0.2) is 0 Å². The Bertz CT molecular complexity index is 3710. The van der Waals surface area contributed by atoms with Crippen molar-refractivity contribution in [2.24, 2.45) is 0 Å². The second-order valence-corrected chi connectivity index (χ2v) is 17.0. The van der Waals surface area contributed by atoms with Crippen LogP contribution in [0.2, 0.25) is 0 Å². The van der Waals surface area contributed by atoms with Crippen LogP contribution in [0, 0.1) is 0 Å². The minimum Gasteiger partial charge on any atom is -0.310 e. The van der Waals surface area contributed by atoms with E-state index >= 15 is 0 Å². The topological polar surface area (TPSA) is 6.48 Å². The van der Waals surface area contributed by atoms with E-state index in [1.165, 1.54) is 70.9 Å². The van der Waals surface area contributed by atoms with Crippen molar-refractivity contribution in [2.75, 3.05) is 9.80 Å². The molecule has 0 radical (unpaired) electrons. The van der Waals surface area contributed by atoms with E-state index in [2.05, 4.69) is 277 Å². The second kappa shape index (κ2) is 16.8. The van der Waals surface area contributed by atoms with E-state index in [0.29, 0.717) is 0 Å². The molecule has 0 aromatic heterocycles. The second-order valence-electron chi connectivity index (χ2n) is 17.0. The summed E-state index contributed by atoms with van der Waals surface area (Å²) in [6.45, 7) is 0. The highest BCUT2D eigenvalue weighted by Crippen LogP contribution is 2.45. The molecule has 0 N–H and O–H groups in total. The van der Waals surface area contributed by atoms with Crippen LogP contribution in [0.25, 0.3) is 76.5 Å². The normalized spacial score (nSPS) is 11.3. The van der Waals surface area contributed by atoms with Gasteiger partial charge in [-0.3, -0.25) is 0 Å². The van der Waals surface area contributed by atoms with Gasteiger partial charge < -0.3 is 9.80 Å². The Hall–Kier alpha value is -8.72. The summed E-state index contributed by atoms with van der Waals surface area (Å²) >= 11 is 0. The lowest BCUT2D eigenvalue weighted by atomic mass is 9.96. The molecule has 12 rings (SSSR count). The third-order valence-corrected chi connectivity index (χ3v) is 13.0. The quantitative estimate of drug-likeness (QED) is 0.143. The summed E-state index contributed by atoms with van der Waals surface area (Å²) in [6, 6.07) is 97.0. The van der Waals surface area contributed by atoms with Crippen molar-refractivity contribution < 1.29 is 0 Å².